The molecule has 2 rings (SSSR count). The van der Waals surface area contributed by atoms with E-state index in [-0.39, 0.29) is 5.38 Å². The molecular weight excluding hydrogens is 291 g/mol. The van der Waals surface area contributed by atoms with Gasteiger partial charge in [0.25, 0.3) is 0 Å². The molecule has 2 aromatic carbocycles. The summed E-state index contributed by atoms with van der Waals surface area (Å²) in [7, 11) is 1.71. The van der Waals surface area contributed by atoms with Crippen molar-refractivity contribution in [1.29, 1.82) is 0 Å². The van der Waals surface area contributed by atoms with Gasteiger partial charge in [0.15, 0.2) is 0 Å². The van der Waals surface area contributed by atoms with Crippen molar-refractivity contribution < 1.29 is 4.74 Å². The van der Waals surface area contributed by atoms with Crippen molar-refractivity contribution in [3.05, 3.63) is 69.7 Å². The molecule has 0 amide bonds. The van der Waals surface area contributed by atoms with Crippen molar-refractivity contribution >= 4 is 23.2 Å². The van der Waals surface area contributed by atoms with E-state index in [2.05, 4.69) is 24.3 Å². The van der Waals surface area contributed by atoms with E-state index in [4.69, 9.17) is 27.9 Å². The topological polar surface area (TPSA) is 9.23 Å². The first-order valence-corrected chi connectivity index (χ1v) is 7.41. The second-order valence-corrected chi connectivity index (χ2v) is 5.72. The molecule has 0 spiro atoms. The number of alkyl halides is 1. The van der Waals surface area contributed by atoms with E-state index in [1.165, 1.54) is 5.56 Å². The maximum absolute atomic E-state index is 6.58. The lowest BCUT2D eigenvalue weighted by Gasteiger charge is -2.14. The van der Waals surface area contributed by atoms with Gasteiger partial charge in [0.2, 0.25) is 0 Å². The molecule has 0 aromatic heterocycles. The molecule has 0 fully saturated rings. The van der Waals surface area contributed by atoms with E-state index in [0.717, 1.165) is 34.7 Å². The molecule has 0 aliphatic carbocycles. The van der Waals surface area contributed by atoms with E-state index in [1.807, 2.05) is 25.1 Å². The fourth-order valence-electron chi connectivity index (χ4n) is 2.18. The molecular formula is C17H18Cl2O. The smallest absolute Gasteiger partial charge is 0.0838 e. The maximum atomic E-state index is 6.58. The summed E-state index contributed by atoms with van der Waals surface area (Å²) in [4.78, 5) is 0. The van der Waals surface area contributed by atoms with Gasteiger partial charge in [-0.15, -0.1) is 11.6 Å². The Balaban J connectivity index is 2.18. The van der Waals surface area contributed by atoms with Crippen LogP contribution >= 0.6 is 23.2 Å². The van der Waals surface area contributed by atoms with Crippen molar-refractivity contribution in [1.82, 2.24) is 0 Å². The summed E-state index contributed by atoms with van der Waals surface area (Å²) in [6, 6.07) is 14.2. The molecule has 1 atom stereocenters. The quantitative estimate of drug-likeness (QED) is 0.693. The van der Waals surface area contributed by atoms with Crippen LogP contribution in [0.15, 0.2) is 42.5 Å². The lowest BCUT2D eigenvalue weighted by atomic mass is 9.99. The third-order valence-corrected chi connectivity index (χ3v) is 4.09. The SMILES string of the molecule is COCCc1ccc(C(Cl)c2ccc(Cl)cc2C)cc1. The first-order valence-electron chi connectivity index (χ1n) is 6.59. The summed E-state index contributed by atoms with van der Waals surface area (Å²) in [6.45, 7) is 2.77. The number of halogens is 2. The summed E-state index contributed by atoms with van der Waals surface area (Å²) in [6.07, 6.45) is 0.920. The molecule has 20 heavy (non-hydrogen) atoms. The molecule has 0 aliphatic rings. The van der Waals surface area contributed by atoms with Crippen molar-refractivity contribution in [3.63, 3.8) is 0 Å². The highest BCUT2D eigenvalue weighted by Crippen LogP contribution is 2.32. The summed E-state index contributed by atoms with van der Waals surface area (Å²) in [5.74, 6) is 0. The lowest BCUT2D eigenvalue weighted by molar-refractivity contribution is 0.202. The van der Waals surface area contributed by atoms with Crippen LogP contribution in [0.5, 0.6) is 0 Å². The number of rotatable bonds is 5. The van der Waals surface area contributed by atoms with Crippen LogP contribution < -0.4 is 0 Å². The van der Waals surface area contributed by atoms with Crippen molar-refractivity contribution in [2.75, 3.05) is 13.7 Å². The van der Waals surface area contributed by atoms with E-state index < -0.39 is 0 Å². The minimum atomic E-state index is -0.149. The fourth-order valence-corrected chi connectivity index (χ4v) is 2.79. The van der Waals surface area contributed by atoms with Crippen molar-refractivity contribution in [2.24, 2.45) is 0 Å². The second kappa shape index (κ2) is 7.12. The maximum Gasteiger partial charge on any atom is 0.0838 e. The summed E-state index contributed by atoms with van der Waals surface area (Å²) in [5.41, 5.74) is 4.56. The molecule has 1 nitrogen and oxygen atoms in total. The number of methoxy groups -OCH3 is 1. The van der Waals surface area contributed by atoms with Crippen molar-refractivity contribution in [2.45, 2.75) is 18.7 Å². The molecule has 106 valence electrons. The summed E-state index contributed by atoms with van der Waals surface area (Å²) < 4.78 is 5.08. The number of hydrogen-bond acceptors (Lipinski definition) is 1. The van der Waals surface area contributed by atoms with E-state index >= 15 is 0 Å². The lowest BCUT2D eigenvalue weighted by Crippen LogP contribution is -1.98. The Hall–Kier alpha value is -1.02. The van der Waals surface area contributed by atoms with E-state index in [0.29, 0.717) is 0 Å². The average Bonchev–Trinajstić information content (AvgIpc) is 2.45. The highest BCUT2D eigenvalue weighted by atomic mass is 35.5. The normalized spacial score (nSPS) is 12.4. The molecule has 0 radical (unpaired) electrons. The predicted octanol–water partition coefficient (Wildman–Crippen LogP) is 5.17. The van der Waals surface area contributed by atoms with Crippen LogP contribution in [0.25, 0.3) is 0 Å². The van der Waals surface area contributed by atoms with Crippen LogP contribution in [-0.2, 0) is 11.2 Å². The number of ether oxygens (including phenoxy) is 1. The van der Waals surface area contributed by atoms with Crippen LogP contribution in [0.2, 0.25) is 5.02 Å². The number of hydrogen-bond donors (Lipinski definition) is 0. The Bertz CT molecular complexity index is 564. The summed E-state index contributed by atoms with van der Waals surface area (Å²) >= 11 is 12.6. The molecule has 2 aromatic rings. The zero-order valence-electron chi connectivity index (χ0n) is 11.7. The first kappa shape index (κ1) is 15.4. The van der Waals surface area contributed by atoms with Gasteiger partial charge in [-0.1, -0.05) is 41.9 Å². The van der Waals surface area contributed by atoms with Crippen LogP contribution in [-0.4, -0.2) is 13.7 Å². The van der Waals surface area contributed by atoms with E-state index in [1.54, 1.807) is 7.11 Å². The van der Waals surface area contributed by atoms with Gasteiger partial charge in [-0.3, -0.25) is 0 Å². The third-order valence-electron chi connectivity index (χ3n) is 3.37. The molecule has 0 aliphatic heterocycles. The largest absolute Gasteiger partial charge is 0.384 e. The van der Waals surface area contributed by atoms with Crippen LogP contribution in [0.4, 0.5) is 0 Å². The van der Waals surface area contributed by atoms with Gasteiger partial charge in [-0.05, 0) is 47.7 Å². The highest BCUT2D eigenvalue weighted by Gasteiger charge is 2.13. The fraction of sp³-hybridized carbons (Fsp3) is 0.294. The average molecular weight is 309 g/mol. The highest BCUT2D eigenvalue weighted by molar-refractivity contribution is 6.30. The minimum absolute atomic E-state index is 0.149. The third kappa shape index (κ3) is 3.76. The van der Waals surface area contributed by atoms with Gasteiger partial charge in [0, 0.05) is 12.1 Å². The monoisotopic (exact) mass is 308 g/mol. The predicted molar refractivity (Wildman–Crippen MR) is 85.9 cm³/mol. The van der Waals surface area contributed by atoms with Gasteiger partial charge >= 0.3 is 0 Å². The van der Waals surface area contributed by atoms with Gasteiger partial charge < -0.3 is 4.74 Å². The van der Waals surface area contributed by atoms with Crippen LogP contribution in [0, 0.1) is 6.92 Å². The molecule has 0 N–H and O–H groups in total. The Morgan fingerprint density at radius 3 is 2.40 bits per heavy atom. The second-order valence-electron chi connectivity index (χ2n) is 4.85. The van der Waals surface area contributed by atoms with Crippen LogP contribution in [0.3, 0.4) is 0 Å². The van der Waals surface area contributed by atoms with Gasteiger partial charge in [0.05, 0.1) is 12.0 Å². The van der Waals surface area contributed by atoms with Gasteiger partial charge in [0.1, 0.15) is 0 Å². The van der Waals surface area contributed by atoms with E-state index in [9.17, 15) is 0 Å². The minimum Gasteiger partial charge on any atom is -0.384 e. The first-order chi connectivity index (χ1) is 9.61. The van der Waals surface area contributed by atoms with Crippen LogP contribution in [0.1, 0.15) is 27.6 Å². The zero-order chi connectivity index (χ0) is 14.5. The molecule has 0 heterocycles. The van der Waals surface area contributed by atoms with Gasteiger partial charge in [-0.2, -0.15) is 0 Å². The Morgan fingerprint density at radius 2 is 1.80 bits per heavy atom. The molecule has 0 bridgehead atoms. The Kier molecular flexibility index (Phi) is 5.47. The van der Waals surface area contributed by atoms with Crippen molar-refractivity contribution in [3.8, 4) is 0 Å². The Morgan fingerprint density at radius 1 is 1.10 bits per heavy atom. The number of aryl methyl sites for hydroxylation is 1. The molecule has 0 saturated carbocycles. The zero-order valence-corrected chi connectivity index (χ0v) is 13.2. The number of benzene rings is 2. The molecule has 3 heteroatoms. The standard InChI is InChI=1S/C17H18Cl2O/c1-12-11-15(18)7-8-16(12)17(19)14-5-3-13(4-6-14)9-10-20-2/h3-8,11,17H,9-10H2,1-2H3. The molecule has 1 unspecified atom stereocenters. The Labute approximate surface area is 130 Å². The molecule has 0 saturated heterocycles. The van der Waals surface area contributed by atoms with Gasteiger partial charge in [-0.25, -0.2) is 0 Å². The summed E-state index contributed by atoms with van der Waals surface area (Å²) in [5, 5.41) is 0.591.